The maximum Gasteiger partial charge on any atom is 0.260 e. The summed E-state index contributed by atoms with van der Waals surface area (Å²) in [4.78, 5) is 20.1. The van der Waals surface area contributed by atoms with Crippen molar-refractivity contribution in [2.24, 2.45) is 4.99 Å². The molecule has 1 aromatic carbocycles. The second-order valence-electron chi connectivity index (χ2n) is 8.71. The molecule has 0 aliphatic carbocycles. The minimum Gasteiger partial charge on any atom is -0.380 e. The van der Waals surface area contributed by atoms with Crippen LogP contribution in [0.25, 0.3) is 5.57 Å². The maximum absolute atomic E-state index is 13.5. The fraction of sp³-hybridized carbons (Fsp3) is 0.538. The van der Waals surface area contributed by atoms with E-state index in [-0.39, 0.29) is 30.4 Å². The molecule has 34 heavy (non-hydrogen) atoms. The molecule has 4 atom stereocenters. The fourth-order valence-corrected chi connectivity index (χ4v) is 4.58. The van der Waals surface area contributed by atoms with Crippen molar-refractivity contribution in [1.82, 2.24) is 15.5 Å². The number of nitrogens with zero attached hydrogens (tertiary/aromatic N) is 2. The molecule has 8 heteroatoms. The molecule has 2 N–H and O–H groups in total. The Labute approximate surface area is 208 Å². The SMILES string of the molecule is C/C=C1/C=C(c2ccc(C(C)NC(C)OC)cc2Cl)C(=O)N(CC)/C1=N/C(C)N[C@@H]1CCOC1. The lowest BCUT2D eigenvalue weighted by atomic mass is 9.94. The molecule has 2 aliphatic rings. The number of ether oxygens (including phenoxy) is 2. The Hall–Kier alpha value is -2.03. The number of halogens is 1. The monoisotopic (exact) mass is 488 g/mol. The Morgan fingerprint density at radius 1 is 1.35 bits per heavy atom. The van der Waals surface area contributed by atoms with E-state index in [1.807, 2.05) is 58.0 Å². The number of nitrogens with one attached hydrogen (secondary N) is 2. The van der Waals surface area contributed by atoms with E-state index in [9.17, 15) is 4.79 Å². The van der Waals surface area contributed by atoms with E-state index in [1.165, 1.54) is 0 Å². The van der Waals surface area contributed by atoms with Gasteiger partial charge in [0.15, 0.2) is 0 Å². The third-order valence-corrected chi connectivity index (χ3v) is 6.57. The first-order chi connectivity index (χ1) is 16.3. The summed E-state index contributed by atoms with van der Waals surface area (Å²) in [5.41, 5.74) is 3.21. The van der Waals surface area contributed by atoms with Gasteiger partial charge in [-0.15, -0.1) is 0 Å². The van der Waals surface area contributed by atoms with Gasteiger partial charge in [-0.1, -0.05) is 29.8 Å². The van der Waals surface area contributed by atoms with Crippen LogP contribution < -0.4 is 10.6 Å². The molecular formula is C26H37ClN4O3. The number of rotatable bonds is 9. The number of hydrogen-bond donors (Lipinski definition) is 2. The Morgan fingerprint density at radius 3 is 2.71 bits per heavy atom. The molecular weight excluding hydrogens is 452 g/mol. The minimum atomic E-state index is -0.139. The molecule has 2 heterocycles. The number of methoxy groups -OCH3 is 1. The van der Waals surface area contributed by atoms with Crippen molar-refractivity contribution in [1.29, 1.82) is 0 Å². The smallest absolute Gasteiger partial charge is 0.260 e. The third kappa shape index (κ3) is 6.15. The van der Waals surface area contributed by atoms with Crippen LogP contribution in [0.15, 0.2) is 40.9 Å². The van der Waals surface area contributed by atoms with Crippen molar-refractivity contribution in [3.05, 3.63) is 52.1 Å². The van der Waals surface area contributed by atoms with E-state index < -0.39 is 0 Å². The highest BCUT2D eigenvalue weighted by molar-refractivity contribution is 6.37. The average molecular weight is 489 g/mol. The summed E-state index contributed by atoms with van der Waals surface area (Å²) in [6, 6.07) is 6.17. The van der Waals surface area contributed by atoms with Gasteiger partial charge in [0.25, 0.3) is 5.91 Å². The Kier molecular flexibility index (Phi) is 9.45. The number of carbonyl (C=O) groups excluding carboxylic acids is 1. The van der Waals surface area contributed by atoms with E-state index in [2.05, 4.69) is 17.6 Å². The largest absolute Gasteiger partial charge is 0.380 e. The first kappa shape index (κ1) is 26.6. The highest BCUT2D eigenvalue weighted by Crippen LogP contribution is 2.33. The van der Waals surface area contributed by atoms with E-state index in [1.54, 1.807) is 12.0 Å². The van der Waals surface area contributed by atoms with Gasteiger partial charge in [-0.25, -0.2) is 4.99 Å². The van der Waals surface area contributed by atoms with Crippen LogP contribution in [0.4, 0.5) is 0 Å². The second kappa shape index (κ2) is 12.1. The lowest BCUT2D eigenvalue weighted by molar-refractivity contribution is -0.121. The lowest BCUT2D eigenvalue weighted by Crippen LogP contribution is -2.43. The summed E-state index contributed by atoms with van der Waals surface area (Å²) in [6.07, 6.45) is 4.63. The van der Waals surface area contributed by atoms with Crippen LogP contribution in [0.5, 0.6) is 0 Å². The second-order valence-corrected chi connectivity index (χ2v) is 9.12. The number of amidine groups is 1. The third-order valence-electron chi connectivity index (χ3n) is 6.26. The standard InChI is InChI=1S/C26H37ClN4O3/c1-7-19-13-23(22-10-9-20(14-24(22)27)16(3)28-18(5)33-6)26(32)31(8-2)25(19)30-17(4)29-21-11-12-34-15-21/h7,9-10,13-14,16-18,21,28-29H,8,11-12,15H2,1-6H3/b19-7-,30-25+/t16?,17?,18?,21-/m1/s1. The van der Waals surface area contributed by atoms with Gasteiger partial charge in [0.05, 0.1) is 12.8 Å². The molecule has 3 unspecified atom stereocenters. The number of likely N-dealkylation sites (N-methyl/N-ethyl adjacent to an activating group) is 1. The van der Waals surface area contributed by atoms with E-state index in [0.717, 1.165) is 24.2 Å². The van der Waals surface area contributed by atoms with Crippen molar-refractivity contribution in [3.8, 4) is 0 Å². The van der Waals surface area contributed by atoms with Gasteiger partial charge in [-0.2, -0.15) is 0 Å². The Morgan fingerprint density at radius 2 is 2.12 bits per heavy atom. The van der Waals surface area contributed by atoms with Crippen LogP contribution >= 0.6 is 11.6 Å². The molecule has 186 valence electrons. The molecule has 0 bridgehead atoms. The highest BCUT2D eigenvalue weighted by Gasteiger charge is 2.31. The number of hydrogen-bond acceptors (Lipinski definition) is 6. The van der Waals surface area contributed by atoms with Crippen molar-refractivity contribution in [2.45, 2.75) is 65.5 Å². The summed E-state index contributed by atoms with van der Waals surface area (Å²) in [5.74, 6) is 0.578. The number of amides is 1. The van der Waals surface area contributed by atoms with Gasteiger partial charge < -0.3 is 9.47 Å². The number of carbonyl (C=O) groups is 1. The van der Waals surface area contributed by atoms with Gasteiger partial charge in [0.2, 0.25) is 0 Å². The molecule has 0 radical (unpaired) electrons. The van der Waals surface area contributed by atoms with Crippen molar-refractivity contribution in [3.63, 3.8) is 0 Å². The van der Waals surface area contributed by atoms with Crippen LogP contribution in [0.1, 0.15) is 58.2 Å². The zero-order valence-corrected chi connectivity index (χ0v) is 21.8. The first-order valence-corrected chi connectivity index (χ1v) is 12.4. The summed E-state index contributed by atoms with van der Waals surface area (Å²) >= 11 is 6.70. The summed E-state index contributed by atoms with van der Waals surface area (Å²) in [6.45, 7) is 11.9. The maximum atomic E-state index is 13.5. The van der Waals surface area contributed by atoms with Crippen molar-refractivity contribution < 1.29 is 14.3 Å². The summed E-state index contributed by atoms with van der Waals surface area (Å²) < 4.78 is 10.7. The summed E-state index contributed by atoms with van der Waals surface area (Å²) in [7, 11) is 1.66. The normalized spacial score (nSPS) is 24.0. The van der Waals surface area contributed by atoms with Gasteiger partial charge in [-0.3, -0.25) is 20.3 Å². The molecule has 7 nitrogen and oxygen atoms in total. The first-order valence-electron chi connectivity index (χ1n) is 12.0. The predicted molar refractivity (Wildman–Crippen MR) is 138 cm³/mol. The van der Waals surface area contributed by atoms with Gasteiger partial charge in [0, 0.05) is 54.1 Å². The molecule has 3 rings (SSSR count). The van der Waals surface area contributed by atoms with Crippen LogP contribution in [0.2, 0.25) is 5.02 Å². The van der Waals surface area contributed by atoms with E-state index >= 15 is 0 Å². The van der Waals surface area contributed by atoms with Gasteiger partial charge in [-0.05, 0) is 58.7 Å². The highest BCUT2D eigenvalue weighted by atomic mass is 35.5. The molecule has 0 spiro atoms. The van der Waals surface area contributed by atoms with Crippen molar-refractivity contribution >= 4 is 28.9 Å². The molecule has 0 aromatic heterocycles. The van der Waals surface area contributed by atoms with E-state index in [0.29, 0.717) is 35.1 Å². The molecule has 2 aliphatic heterocycles. The molecule has 1 aromatic rings. The molecule has 0 saturated carbocycles. The Bertz CT molecular complexity index is 969. The molecule has 1 fully saturated rings. The topological polar surface area (TPSA) is 75.2 Å². The van der Waals surface area contributed by atoms with Crippen LogP contribution in [-0.2, 0) is 14.3 Å². The van der Waals surface area contributed by atoms with Gasteiger partial charge >= 0.3 is 0 Å². The summed E-state index contributed by atoms with van der Waals surface area (Å²) in [5, 5.41) is 7.38. The van der Waals surface area contributed by atoms with Crippen molar-refractivity contribution in [2.75, 3.05) is 26.9 Å². The number of allylic oxidation sites excluding steroid dienone is 1. The molecule has 1 amide bonds. The van der Waals surface area contributed by atoms with Crippen LogP contribution in [0.3, 0.4) is 0 Å². The zero-order valence-electron chi connectivity index (χ0n) is 21.0. The quantitative estimate of drug-likeness (QED) is 0.507. The predicted octanol–water partition coefficient (Wildman–Crippen LogP) is 4.30. The van der Waals surface area contributed by atoms with Gasteiger partial charge in [0.1, 0.15) is 12.1 Å². The number of benzene rings is 1. The lowest BCUT2D eigenvalue weighted by Gasteiger charge is -2.31. The van der Waals surface area contributed by atoms with Crippen LogP contribution in [0, 0.1) is 0 Å². The molecule has 1 saturated heterocycles. The van der Waals surface area contributed by atoms with Crippen LogP contribution in [-0.4, -0.2) is 61.9 Å². The number of aliphatic imine (C=N–C) groups is 1. The zero-order chi connectivity index (χ0) is 24.8. The average Bonchev–Trinajstić information content (AvgIpc) is 3.32. The Balaban J connectivity index is 1.89. The minimum absolute atomic E-state index is 0.0498. The van der Waals surface area contributed by atoms with E-state index in [4.69, 9.17) is 26.1 Å². The fourth-order valence-electron chi connectivity index (χ4n) is 4.29.